The van der Waals surface area contributed by atoms with E-state index in [0.29, 0.717) is 13.1 Å². The summed E-state index contributed by atoms with van der Waals surface area (Å²) in [6.07, 6.45) is 4.05. The third-order valence-corrected chi connectivity index (χ3v) is 8.82. The molecule has 5 rings (SSSR count). The van der Waals surface area contributed by atoms with Gasteiger partial charge in [0.05, 0.1) is 11.8 Å². The summed E-state index contributed by atoms with van der Waals surface area (Å²) in [7, 11) is 3.85. The molecule has 0 spiro atoms. The van der Waals surface area contributed by atoms with Gasteiger partial charge in [0.2, 0.25) is 11.8 Å². The van der Waals surface area contributed by atoms with Crippen LogP contribution in [0.2, 0.25) is 0 Å². The number of carbonyl (C=O) groups excluding carboxylic acids is 2. The van der Waals surface area contributed by atoms with Crippen LogP contribution in [0.4, 0.5) is 0 Å². The Balaban J connectivity index is 0.00000423. The summed E-state index contributed by atoms with van der Waals surface area (Å²) in [5, 5.41) is 0. The van der Waals surface area contributed by atoms with Crippen LogP contribution < -0.4 is 0 Å². The molecule has 0 radical (unpaired) electrons. The molecule has 0 N–H and O–H groups in total. The quantitative estimate of drug-likeness (QED) is 0.271. The van der Waals surface area contributed by atoms with Crippen LogP contribution in [-0.4, -0.2) is 71.7 Å². The van der Waals surface area contributed by atoms with Crippen molar-refractivity contribution in [1.29, 1.82) is 0 Å². The van der Waals surface area contributed by atoms with Crippen molar-refractivity contribution in [3.05, 3.63) is 107 Å². The number of rotatable bonds is 10. The molecule has 0 aromatic heterocycles. The van der Waals surface area contributed by atoms with Crippen LogP contribution in [0.1, 0.15) is 47.9 Å². The largest absolute Gasteiger partial charge is 0.341 e. The number of halogens is 1. The zero-order valence-corrected chi connectivity index (χ0v) is 27.4. The van der Waals surface area contributed by atoms with Crippen LogP contribution in [0.3, 0.4) is 0 Å². The topological polar surface area (TPSA) is 47.1 Å². The first kappa shape index (κ1) is 32.9. The Morgan fingerprint density at radius 1 is 0.605 bits per heavy atom. The minimum absolute atomic E-state index is 0. The van der Waals surface area contributed by atoms with E-state index in [2.05, 4.69) is 58.3 Å². The van der Waals surface area contributed by atoms with Crippen LogP contribution in [-0.2, 0) is 35.8 Å². The molecular weight excluding hydrogens is 600 g/mol. The van der Waals surface area contributed by atoms with Crippen molar-refractivity contribution >= 4 is 28.8 Å². The summed E-state index contributed by atoms with van der Waals surface area (Å²) >= 11 is 0. The average molecular weight is 648 g/mol. The molecule has 7 heteroatoms. The molecule has 6 nitrogen and oxygen atoms in total. The summed E-state index contributed by atoms with van der Waals surface area (Å²) < 4.78 is 0. The zero-order chi connectivity index (χ0) is 29.3. The summed E-state index contributed by atoms with van der Waals surface area (Å²) in [5.41, 5.74) is 4.92. The third-order valence-electron chi connectivity index (χ3n) is 8.82. The smallest absolute Gasteiger partial charge is 0.227 e. The lowest BCUT2D eigenvalue weighted by Crippen LogP contribution is -2.43. The fourth-order valence-corrected chi connectivity index (χ4v) is 6.56. The lowest BCUT2D eigenvalue weighted by molar-refractivity contribution is -0.137. The predicted molar refractivity (Wildman–Crippen MR) is 179 cm³/mol. The lowest BCUT2D eigenvalue weighted by atomic mass is 9.95. The van der Waals surface area contributed by atoms with Crippen LogP contribution in [0.5, 0.6) is 0 Å². The van der Waals surface area contributed by atoms with E-state index in [-0.39, 0.29) is 40.6 Å². The first-order valence-electron chi connectivity index (χ1n) is 15.5. The van der Waals surface area contributed by atoms with Gasteiger partial charge in [-0.2, -0.15) is 0 Å². The van der Waals surface area contributed by atoms with Gasteiger partial charge in [-0.3, -0.25) is 19.4 Å². The van der Waals surface area contributed by atoms with Crippen LogP contribution in [0, 0.1) is 11.8 Å². The van der Waals surface area contributed by atoms with E-state index >= 15 is 0 Å². The number of hydrogen-bond acceptors (Lipinski definition) is 4. The number of nitrogens with zero attached hydrogens (tertiary/aromatic N) is 4. The van der Waals surface area contributed by atoms with Crippen molar-refractivity contribution in [2.75, 3.05) is 40.3 Å². The average Bonchev–Trinajstić information content (AvgIpc) is 3.02. The van der Waals surface area contributed by atoms with Crippen molar-refractivity contribution in [1.82, 2.24) is 19.6 Å². The number of hydrogen-bond donors (Lipinski definition) is 0. The molecule has 2 aliphatic rings. The van der Waals surface area contributed by atoms with Gasteiger partial charge >= 0.3 is 0 Å². The molecule has 2 atom stereocenters. The molecule has 3 aromatic rings. The fraction of sp³-hybridized carbons (Fsp3) is 0.444. The molecule has 2 amide bonds. The number of likely N-dealkylation sites (tertiary alicyclic amines) is 2. The minimum Gasteiger partial charge on any atom is -0.341 e. The van der Waals surface area contributed by atoms with Gasteiger partial charge in [-0.05, 0) is 61.0 Å². The summed E-state index contributed by atoms with van der Waals surface area (Å²) in [5.74, 6) is 0.633. The van der Waals surface area contributed by atoms with E-state index in [1.54, 1.807) is 0 Å². The monoisotopic (exact) mass is 646 g/mol. The van der Waals surface area contributed by atoms with Gasteiger partial charge in [-0.1, -0.05) is 84.9 Å². The fourth-order valence-electron chi connectivity index (χ4n) is 6.56. The summed E-state index contributed by atoms with van der Waals surface area (Å²) in [6, 6.07) is 29.4. The molecule has 0 bridgehead atoms. The van der Waals surface area contributed by atoms with Gasteiger partial charge in [-0.25, -0.2) is 0 Å². The second kappa shape index (κ2) is 16.2. The van der Waals surface area contributed by atoms with Gasteiger partial charge in [0.15, 0.2) is 0 Å². The van der Waals surface area contributed by atoms with Crippen molar-refractivity contribution in [3.8, 4) is 0 Å². The molecule has 3 aromatic carbocycles. The van der Waals surface area contributed by atoms with Crippen molar-refractivity contribution in [2.45, 2.75) is 51.9 Å². The van der Waals surface area contributed by atoms with Gasteiger partial charge in [0.1, 0.15) is 0 Å². The van der Waals surface area contributed by atoms with Crippen molar-refractivity contribution in [3.63, 3.8) is 0 Å². The van der Waals surface area contributed by atoms with Gasteiger partial charge in [-0.15, -0.1) is 17.0 Å². The second-order valence-corrected chi connectivity index (χ2v) is 12.3. The van der Waals surface area contributed by atoms with Crippen LogP contribution in [0.25, 0.3) is 0 Å². The Hall–Kier alpha value is -3.00. The standard InChI is InChI=1S/C36H46N4O2.BrH/c1-37(23-29-11-5-3-6-12-29)35(41)33-15-9-21-39(27-33)25-31-17-19-32(20-18-31)26-40-22-10-16-34(28-40)36(42)38(2)24-30-13-7-4-8-14-30;/h3-8,11-14,17-20,33-34H,9-10,15-16,21-28H2,1-2H3;1H. The van der Waals surface area contributed by atoms with Crippen molar-refractivity contribution < 1.29 is 9.59 Å². The molecule has 2 aliphatic heterocycles. The highest BCUT2D eigenvalue weighted by Gasteiger charge is 2.29. The Morgan fingerprint density at radius 3 is 1.35 bits per heavy atom. The van der Waals surface area contributed by atoms with E-state index in [9.17, 15) is 9.59 Å². The molecule has 230 valence electrons. The zero-order valence-electron chi connectivity index (χ0n) is 25.7. The Bertz CT molecular complexity index is 1190. The highest BCUT2D eigenvalue weighted by Crippen LogP contribution is 2.23. The summed E-state index contributed by atoms with van der Waals surface area (Å²) in [4.78, 5) is 35.0. The van der Waals surface area contributed by atoms with E-state index in [1.807, 2.05) is 60.3 Å². The maximum absolute atomic E-state index is 13.2. The van der Waals surface area contributed by atoms with Gasteiger partial charge in [0, 0.05) is 53.4 Å². The van der Waals surface area contributed by atoms with Gasteiger partial charge < -0.3 is 9.80 Å². The minimum atomic E-state index is 0. The van der Waals surface area contributed by atoms with Crippen molar-refractivity contribution in [2.24, 2.45) is 11.8 Å². The molecule has 0 aliphatic carbocycles. The van der Waals surface area contributed by atoms with E-state index < -0.39 is 0 Å². The first-order chi connectivity index (χ1) is 20.4. The second-order valence-electron chi connectivity index (χ2n) is 12.3. The Labute approximate surface area is 268 Å². The molecule has 0 saturated carbocycles. The Kier molecular flexibility index (Phi) is 12.4. The number of carbonyl (C=O) groups is 2. The molecule has 2 heterocycles. The number of piperidine rings is 2. The highest BCUT2D eigenvalue weighted by atomic mass is 79.9. The van der Waals surface area contributed by atoms with Crippen LogP contribution >= 0.6 is 17.0 Å². The van der Waals surface area contributed by atoms with E-state index in [0.717, 1.165) is 65.0 Å². The molecular formula is C36H47BrN4O2. The highest BCUT2D eigenvalue weighted by molar-refractivity contribution is 8.93. The van der Waals surface area contributed by atoms with E-state index in [1.165, 1.54) is 22.3 Å². The Morgan fingerprint density at radius 2 is 0.977 bits per heavy atom. The number of amides is 2. The lowest BCUT2D eigenvalue weighted by Gasteiger charge is -2.34. The summed E-state index contributed by atoms with van der Waals surface area (Å²) in [6.45, 7) is 6.79. The maximum Gasteiger partial charge on any atom is 0.227 e. The van der Waals surface area contributed by atoms with Gasteiger partial charge in [0.25, 0.3) is 0 Å². The molecule has 2 unspecified atom stereocenters. The number of benzene rings is 3. The SMILES string of the molecule is Br.CN(Cc1ccccc1)C(=O)C1CCCN(Cc2ccc(CN3CCCC(C(=O)N(C)Cc4ccccc4)C3)cc2)C1. The predicted octanol–water partition coefficient (Wildman–Crippen LogP) is 6.01. The normalized spacial score (nSPS) is 19.3. The first-order valence-corrected chi connectivity index (χ1v) is 15.5. The molecule has 43 heavy (non-hydrogen) atoms. The third kappa shape index (κ3) is 9.49. The van der Waals surface area contributed by atoms with Crippen LogP contribution in [0.15, 0.2) is 84.9 Å². The van der Waals surface area contributed by atoms with E-state index in [4.69, 9.17) is 0 Å². The maximum atomic E-state index is 13.2. The molecule has 2 fully saturated rings. The molecule has 2 saturated heterocycles.